The lowest BCUT2D eigenvalue weighted by atomic mass is 10.0. The van der Waals surface area contributed by atoms with Crippen LogP contribution in [0.15, 0.2) is 0 Å². The van der Waals surface area contributed by atoms with Gasteiger partial charge >= 0.3 is 0 Å². The first-order chi connectivity index (χ1) is 11.6. The molecular weight excluding hydrogens is 308 g/mol. The number of amides is 1. The summed E-state index contributed by atoms with van der Waals surface area (Å²) in [6.07, 6.45) is 6.37. The van der Waals surface area contributed by atoms with Crippen LogP contribution in [-0.4, -0.2) is 84.6 Å². The lowest BCUT2D eigenvalue weighted by Crippen LogP contribution is -2.49. The number of likely N-dealkylation sites (tertiary alicyclic amines) is 2. The van der Waals surface area contributed by atoms with E-state index in [9.17, 15) is 9.90 Å². The monoisotopic (exact) mass is 340 g/mol. The highest BCUT2D eigenvalue weighted by atomic mass is 16.5. The summed E-state index contributed by atoms with van der Waals surface area (Å²) in [7, 11) is 0. The van der Waals surface area contributed by atoms with Crippen molar-refractivity contribution in [2.45, 2.75) is 69.7 Å². The van der Waals surface area contributed by atoms with Gasteiger partial charge in [0, 0.05) is 38.7 Å². The first-order valence-corrected chi connectivity index (χ1v) is 9.54. The van der Waals surface area contributed by atoms with Crippen molar-refractivity contribution in [2.24, 2.45) is 0 Å². The lowest BCUT2D eigenvalue weighted by Gasteiger charge is -2.35. The molecule has 0 spiro atoms. The van der Waals surface area contributed by atoms with Gasteiger partial charge in [-0.05, 0) is 45.1 Å². The third-order valence-corrected chi connectivity index (χ3v) is 5.65. The highest BCUT2D eigenvalue weighted by Gasteiger charge is 2.39. The van der Waals surface area contributed by atoms with Gasteiger partial charge in [0.25, 0.3) is 0 Å². The molecule has 0 aromatic rings. The van der Waals surface area contributed by atoms with Crippen LogP contribution in [0.25, 0.3) is 0 Å². The second kappa shape index (κ2) is 8.61. The summed E-state index contributed by atoms with van der Waals surface area (Å²) in [4.78, 5) is 16.2. The molecule has 3 aliphatic rings. The topological polar surface area (TPSA) is 62.2 Å². The van der Waals surface area contributed by atoms with Crippen LogP contribution < -0.4 is 0 Å². The van der Waals surface area contributed by atoms with Crippen LogP contribution in [0.2, 0.25) is 0 Å². The number of aliphatic hydroxyl groups excluding tert-OH is 1. The smallest absolute Gasteiger partial charge is 0.219 e. The van der Waals surface area contributed by atoms with Gasteiger partial charge in [0.05, 0.1) is 25.4 Å². The third-order valence-electron chi connectivity index (χ3n) is 5.65. The van der Waals surface area contributed by atoms with Crippen molar-refractivity contribution >= 4 is 5.91 Å². The van der Waals surface area contributed by atoms with Gasteiger partial charge in [-0.25, -0.2) is 0 Å². The number of ether oxygens (including phenoxy) is 2. The summed E-state index contributed by atoms with van der Waals surface area (Å²) in [6.45, 7) is 5.99. The molecule has 0 radical (unpaired) electrons. The summed E-state index contributed by atoms with van der Waals surface area (Å²) in [5, 5.41) is 10.3. The van der Waals surface area contributed by atoms with Crippen molar-refractivity contribution < 1.29 is 19.4 Å². The molecule has 1 amide bonds. The number of hydrogen-bond donors (Lipinski definition) is 1. The number of rotatable bonds is 7. The zero-order valence-corrected chi connectivity index (χ0v) is 14.9. The molecule has 3 aliphatic heterocycles. The van der Waals surface area contributed by atoms with E-state index in [1.807, 2.05) is 4.90 Å². The molecule has 3 heterocycles. The Hall–Kier alpha value is -0.690. The molecule has 24 heavy (non-hydrogen) atoms. The highest BCUT2D eigenvalue weighted by Crippen LogP contribution is 2.30. The Bertz CT molecular complexity index is 414. The first kappa shape index (κ1) is 18.1. The maximum absolute atomic E-state index is 11.8. The van der Waals surface area contributed by atoms with Crippen LogP contribution in [0.5, 0.6) is 0 Å². The molecule has 0 saturated carbocycles. The number of carbonyl (C=O) groups is 1. The van der Waals surface area contributed by atoms with Gasteiger partial charge in [-0.2, -0.15) is 0 Å². The summed E-state index contributed by atoms with van der Waals surface area (Å²) in [5.41, 5.74) is 0. The second-order valence-electron chi connectivity index (χ2n) is 7.45. The maximum Gasteiger partial charge on any atom is 0.219 e. The average molecular weight is 340 g/mol. The van der Waals surface area contributed by atoms with Crippen LogP contribution in [-0.2, 0) is 14.3 Å². The van der Waals surface area contributed by atoms with Crippen LogP contribution in [0.3, 0.4) is 0 Å². The Kier molecular flexibility index (Phi) is 6.49. The minimum absolute atomic E-state index is 0.185. The van der Waals surface area contributed by atoms with E-state index in [0.29, 0.717) is 31.8 Å². The van der Waals surface area contributed by atoms with Crippen molar-refractivity contribution in [3.63, 3.8) is 0 Å². The van der Waals surface area contributed by atoms with E-state index in [4.69, 9.17) is 9.47 Å². The molecule has 4 atom stereocenters. The Morgan fingerprint density at radius 3 is 2.75 bits per heavy atom. The molecule has 138 valence electrons. The Balaban J connectivity index is 1.43. The molecule has 3 fully saturated rings. The summed E-state index contributed by atoms with van der Waals surface area (Å²) in [6, 6.07) is 0.717. The van der Waals surface area contributed by atoms with Gasteiger partial charge in [-0.3, -0.25) is 9.69 Å². The normalized spacial score (nSPS) is 32.6. The van der Waals surface area contributed by atoms with Crippen LogP contribution in [0.4, 0.5) is 0 Å². The van der Waals surface area contributed by atoms with E-state index >= 15 is 0 Å². The summed E-state index contributed by atoms with van der Waals surface area (Å²) in [5.74, 6) is 0.185. The number of aliphatic hydroxyl groups is 1. The molecule has 6 heteroatoms. The van der Waals surface area contributed by atoms with Crippen LogP contribution >= 0.6 is 0 Å². The van der Waals surface area contributed by atoms with Crippen LogP contribution in [0, 0.1) is 0 Å². The van der Waals surface area contributed by atoms with E-state index < -0.39 is 6.10 Å². The number of β-amino-alcohol motifs (C(OH)–C–C–N with tert-alkyl or cyclic N) is 1. The van der Waals surface area contributed by atoms with E-state index in [2.05, 4.69) is 4.90 Å². The van der Waals surface area contributed by atoms with Gasteiger partial charge in [-0.15, -0.1) is 0 Å². The van der Waals surface area contributed by atoms with Gasteiger partial charge in [0.2, 0.25) is 5.91 Å². The molecule has 6 nitrogen and oxygen atoms in total. The van der Waals surface area contributed by atoms with Crippen LogP contribution in [0.1, 0.15) is 45.4 Å². The number of carbonyl (C=O) groups excluding carboxylic acids is 1. The van der Waals surface area contributed by atoms with Crippen molar-refractivity contribution in [1.29, 1.82) is 0 Å². The number of hydrogen-bond acceptors (Lipinski definition) is 5. The Morgan fingerprint density at radius 1 is 1.21 bits per heavy atom. The fraction of sp³-hybridized carbons (Fsp3) is 0.944. The zero-order chi connectivity index (χ0) is 16.9. The fourth-order valence-electron chi connectivity index (χ4n) is 4.53. The molecule has 4 unspecified atom stereocenters. The van der Waals surface area contributed by atoms with Gasteiger partial charge in [0.1, 0.15) is 0 Å². The molecule has 0 bridgehead atoms. The standard InChI is InChI=1S/C18H32N2O4/c1-14(21)20-9-3-7-18(20)17-6-2-8-19(17)11-15(22)12-23-13-16-5-4-10-24-16/h15-18,22H,2-13H2,1H3. The van der Waals surface area contributed by atoms with E-state index in [1.165, 1.54) is 0 Å². The van der Waals surface area contributed by atoms with Crippen molar-refractivity contribution in [1.82, 2.24) is 9.80 Å². The zero-order valence-electron chi connectivity index (χ0n) is 14.9. The molecule has 3 rings (SSSR count). The quantitative estimate of drug-likeness (QED) is 0.750. The largest absolute Gasteiger partial charge is 0.389 e. The van der Waals surface area contributed by atoms with Crippen molar-refractivity contribution in [3.8, 4) is 0 Å². The minimum Gasteiger partial charge on any atom is -0.389 e. The van der Waals surface area contributed by atoms with E-state index in [-0.39, 0.29) is 12.0 Å². The van der Waals surface area contributed by atoms with E-state index in [1.54, 1.807) is 6.92 Å². The molecule has 3 saturated heterocycles. The molecule has 1 N–H and O–H groups in total. The molecule has 0 aromatic carbocycles. The second-order valence-corrected chi connectivity index (χ2v) is 7.45. The number of nitrogens with zero attached hydrogens (tertiary/aromatic N) is 2. The van der Waals surface area contributed by atoms with Gasteiger partial charge in [-0.1, -0.05) is 0 Å². The average Bonchev–Trinajstić information content (AvgIpc) is 3.28. The highest BCUT2D eigenvalue weighted by molar-refractivity contribution is 5.74. The predicted octanol–water partition coefficient (Wildman–Crippen LogP) is 1.02. The Labute approximate surface area is 145 Å². The predicted molar refractivity (Wildman–Crippen MR) is 90.8 cm³/mol. The van der Waals surface area contributed by atoms with Crippen molar-refractivity contribution in [3.05, 3.63) is 0 Å². The SMILES string of the molecule is CC(=O)N1CCCC1C1CCCN1CC(O)COCC1CCCO1. The molecule has 0 aliphatic carbocycles. The van der Waals surface area contributed by atoms with E-state index in [0.717, 1.165) is 58.2 Å². The van der Waals surface area contributed by atoms with Gasteiger partial charge in [0.15, 0.2) is 0 Å². The lowest BCUT2D eigenvalue weighted by molar-refractivity contribution is -0.130. The minimum atomic E-state index is -0.473. The molecular formula is C18H32N2O4. The first-order valence-electron chi connectivity index (χ1n) is 9.54. The Morgan fingerprint density at radius 2 is 2.00 bits per heavy atom. The molecule has 0 aromatic heterocycles. The summed E-state index contributed by atoms with van der Waals surface area (Å²) >= 11 is 0. The summed E-state index contributed by atoms with van der Waals surface area (Å²) < 4.78 is 11.2. The van der Waals surface area contributed by atoms with Crippen molar-refractivity contribution in [2.75, 3.05) is 39.5 Å². The third kappa shape index (κ3) is 4.48. The fourth-order valence-corrected chi connectivity index (χ4v) is 4.53. The maximum atomic E-state index is 11.8. The van der Waals surface area contributed by atoms with Gasteiger partial charge < -0.3 is 19.5 Å².